The SMILES string of the molecule is C[C@@H](CCCC(C)(C)O)C1CCC2/C(=C/C=C3C[C@H](O[Si](C)(C)C(C)(C)C)C(O)[C@H](O[Si](C)(C)C(C)(C)C)C3)CCCC21C. The second-order valence-corrected chi connectivity index (χ2v) is 28.6. The molecule has 3 aliphatic rings. The van der Waals surface area contributed by atoms with Crippen molar-refractivity contribution in [2.45, 2.75) is 194 Å². The molecule has 3 saturated carbocycles. The van der Waals surface area contributed by atoms with Crippen LogP contribution < -0.4 is 0 Å². The minimum atomic E-state index is -2.07. The molecule has 3 rings (SSSR count). The molecular formula is C38H72O4Si2. The predicted molar refractivity (Wildman–Crippen MR) is 193 cm³/mol. The van der Waals surface area contributed by atoms with Gasteiger partial charge in [-0.15, -0.1) is 0 Å². The van der Waals surface area contributed by atoms with E-state index in [0.29, 0.717) is 17.3 Å². The lowest BCUT2D eigenvalue weighted by Crippen LogP contribution is -2.55. The molecule has 4 nitrogen and oxygen atoms in total. The Kier molecular flexibility index (Phi) is 11.9. The normalized spacial score (nSPS) is 33.6. The first kappa shape index (κ1) is 38.2. The van der Waals surface area contributed by atoms with Crippen molar-refractivity contribution in [1.82, 2.24) is 0 Å². The summed E-state index contributed by atoms with van der Waals surface area (Å²) in [6.45, 7) is 31.8. The lowest BCUT2D eigenvalue weighted by Gasteiger charge is -2.47. The summed E-state index contributed by atoms with van der Waals surface area (Å²) in [5, 5.41) is 22.1. The summed E-state index contributed by atoms with van der Waals surface area (Å²) >= 11 is 0. The van der Waals surface area contributed by atoms with Crippen molar-refractivity contribution < 1.29 is 19.1 Å². The van der Waals surface area contributed by atoms with Gasteiger partial charge in [0.15, 0.2) is 16.6 Å². The number of hydrogen-bond acceptors (Lipinski definition) is 4. The van der Waals surface area contributed by atoms with Crippen LogP contribution in [0.3, 0.4) is 0 Å². The van der Waals surface area contributed by atoms with Crippen molar-refractivity contribution in [3.05, 3.63) is 23.3 Å². The van der Waals surface area contributed by atoms with Gasteiger partial charge < -0.3 is 19.1 Å². The predicted octanol–water partition coefficient (Wildman–Crippen LogP) is 10.6. The van der Waals surface area contributed by atoms with Crippen LogP contribution in [0.2, 0.25) is 36.3 Å². The minimum absolute atomic E-state index is 0.0861. The summed E-state index contributed by atoms with van der Waals surface area (Å²) < 4.78 is 13.9. The lowest BCUT2D eigenvalue weighted by molar-refractivity contribution is -0.0604. The molecule has 4 unspecified atom stereocenters. The molecule has 0 bridgehead atoms. The van der Waals surface area contributed by atoms with Crippen LogP contribution in [0.1, 0.15) is 133 Å². The van der Waals surface area contributed by atoms with Crippen LogP contribution in [0.15, 0.2) is 23.3 Å². The second kappa shape index (κ2) is 13.7. The Morgan fingerprint density at radius 3 is 1.89 bits per heavy atom. The maximum Gasteiger partial charge on any atom is 0.192 e. The zero-order chi connectivity index (χ0) is 33.5. The molecule has 0 amide bonds. The summed E-state index contributed by atoms with van der Waals surface area (Å²) in [4.78, 5) is 0. The number of fused-ring (bicyclic) bond motifs is 1. The van der Waals surface area contributed by atoms with Crippen molar-refractivity contribution in [3.8, 4) is 0 Å². The van der Waals surface area contributed by atoms with Gasteiger partial charge in [-0.2, -0.15) is 0 Å². The molecule has 7 atom stereocenters. The summed E-state index contributed by atoms with van der Waals surface area (Å²) in [6.07, 6.45) is 15.1. The average Bonchev–Trinajstić information content (AvgIpc) is 3.20. The highest BCUT2D eigenvalue weighted by atomic mass is 28.4. The first-order valence-corrected chi connectivity index (χ1v) is 23.8. The third kappa shape index (κ3) is 9.01. The quantitative estimate of drug-likeness (QED) is 0.231. The van der Waals surface area contributed by atoms with Crippen LogP contribution in [0.25, 0.3) is 0 Å². The number of hydrogen-bond donors (Lipinski definition) is 2. The molecule has 0 aromatic heterocycles. The zero-order valence-corrected chi connectivity index (χ0v) is 33.4. The highest BCUT2D eigenvalue weighted by molar-refractivity contribution is 6.74. The molecule has 0 radical (unpaired) electrons. The molecule has 0 aromatic rings. The molecule has 0 heterocycles. The summed E-state index contributed by atoms with van der Waals surface area (Å²) in [5.74, 6) is 2.13. The van der Waals surface area contributed by atoms with Gasteiger partial charge in [-0.3, -0.25) is 0 Å². The van der Waals surface area contributed by atoms with E-state index < -0.39 is 28.3 Å². The van der Waals surface area contributed by atoms with E-state index in [0.717, 1.165) is 31.6 Å². The van der Waals surface area contributed by atoms with Crippen LogP contribution in [0.4, 0.5) is 0 Å². The average molecular weight is 649 g/mol. The van der Waals surface area contributed by atoms with Crippen molar-refractivity contribution in [3.63, 3.8) is 0 Å². The van der Waals surface area contributed by atoms with Crippen LogP contribution in [-0.4, -0.2) is 50.8 Å². The topological polar surface area (TPSA) is 58.9 Å². The molecule has 0 aromatic carbocycles. The molecule has 256 valence electrons. The molecule has 44 heavy (non-hydrogen) atoms. The van der Waals surface area contributed by atoms with Gasteiger partial charge in [-0.05, 0) is 125 Å². The highest BCUT2D eigenvalue weighted by Gasteiger charge is 2.51. The Balaban J connectivity index is 1.85. The Hall–Kier alpha value is -0.246. The van der Waals surface area contributed by atoms with E-state index in [1.165, 1.54) is 44.1 Å². The van der Waals surface area contributed by atoms with Gasteiger partial charge in [0.2, 0.25) is 0 Å². The van der Waals surface area contributed by atoms with E-state index in [9.17, 15) is 10.2 Å². The summed E-state index contributed by atoms with van der Waals surface area (Å²) in [5.41, 5.74) is 2.83. The Morgan fingerprint density at radius 1 is 0.886 bits per heavy atom. The fourth-order valence-corrected chi connectivity index (χ4v) is 10.7. The molecule has 0 saturated heterocycles. The Morgan fingerprint density at radius 2 is 1.41 bits per heavy atom. The van der Waals surface area contributed by atoms with Gasteiger partial charge in [0.1, 0.15) is 6.10 Å². The first-order chi connectivity index (χ1) is 19.9. The van der Waals surface area contributed by atoms with Gasteiger partial charge in [-0.1, -0.05) is 91.5 Å². The van der Waals surface area contributed by atoms with E-state index in [1.807, 2.05) is 13.8 Å². The first-order valence-electron chi connectivity index (χ1n) is 18.0. The third-order valence-corrected chi connectivity index (χ3v) is 21.9. The fourth-order valence-electron chi connectivity index (χ4n) is 8.05. The van der Waals surface area contributed by atoms with Gasteiger partial charge in [0.25, 0.3) is 0 Å². The van der Waals surface area contributed by atoms with Crippen LogP contribution >= 0.6 is 0 Å². The van der Waals surface area contributed by atoms with Crippen LogP contribution in [0.5, 0.6) is 0 Å². The largest absolute Gasteiger partial charge is 0.411 e. The van der Waals surface area contributed by atoms with Gasteiger partial charge in [0.05, 0.1) is 17.8 Å². The van der Waals surface area contributed by atoms with Gasteiger partial charge in [0, 0.05) is 0 Å². The van der Waals surface area contributed by atoms with Gasteiger partial charge >= 0.3 is 0 Å². The number of allylic oxidation sites excluding steroid dienone is 3. The molecule has 2 N–H and O–H groups in total. The zero-order valence-electron chi connectivity index (χ0n) is 31.4. The fraction of sp³-hybridized carbons (Fsp3) is 0.895. The molecule has 3 aliphatic carbocycles. The van der Waals surface area contributed by atoms with Crippen molar-refractivity contribution in [1.29, 1.82) is 0 Å². The van der Waals surface area contributed by atoms with Crippen molar-refractivity contribution in [2.24, 2.45) is 23.2 Å². The van der Waals surface area contributed by atoms with Crippen molar-refractivity contribution in [2.75, 3.05) is 0 Å². The highest BCUT2D eigenvalue weighted by Crippen LogP contribution is 2.60. The van der Waals surface area contributed by atoms with Gasteiger partial charge in [-0.25, -0.2) is 0 Å². The maximum absolute atomic E-state index is 11.7. The van der Waals surface area contributed by atoms with E-state index in [4.69, 9.17) is 8.85 Å². The minimum Gasteiger partial charge on any atom is -0.411 e. The smallest absolute Gasteiger partial charge is 0.192 e. The number of rotatable bonds is 10. The van der Waals surface area contributed by atoms with E-state index in [1.54, 1.807) is 5.57 Å². The molecule has 6 heteroatoms. The van der Waals surface area contributed by atoms with E-state index in [2.05, 4.69) is 93.7 Å². The molecule has 0 aliphatic heterocycles. The van der Waals surface area contributed by atoms with Crippen molar-refractivity contribution >= 4 is 16.6 Å². The van der Waals surface area contributed by atoms with Crippen LogP contribution in [-0.2, 0) is 8.85 Å². The second-order valence-electron chi connectivity index (χ2n) is 19.1. The van der Waals surface area contributed by atoms with Crippen LogP contribution in [0, 0.1) is 23.2 Å². The standard InChI is InChI=1S/C38H72O4Si2/c1-27(17-15-23-37(8,9)40)30-21-22-31-29(18-16-24-38(30,31)10)20-19-28-25-32(41-43(11,12)35(2,3)4)34(39)33(26-28)42-44(13,14)36(5,6)7/h19-20,27,30-34,39-40H,15-18,21-26H2,1-14H3/b28-19?,29-20+/t27-,30?,31?,32-,33+,34?,38?/m0/s1. The summed E-state index contributed by atoms with van der Waals surface area (Å²) in [6, 6.07) is 0. The molecule has 0 spiro atoms. The number of aliphatic hydroxyl groups excluding tert-OH is 1. The third-order valence-electron chi connectivity index (χ3n) is 12.9. The maximum atomic E-state index is 11.7. The Bertz CT molecular complexity index is 985. The lowest BCUT2D eigenvalue weighted by atomic mass is 9.60. The number of aliphatic hydroxyl groups is 2. The molecular weight excluding hydrogens is 577 g/mol. The molecule has 3 fully saturated rings. The van der Waals surface area contributed by atoms with E-state index >= 15 is 0 Å². The van der Waals surface area contributed by atoms with E-state index in [-0.39, 0.29) is 22.3 Å². The monoisotopic (exact) mass is 648 g/mol. The summed E-state index contributed by atoms with van der Waals surface area (Å²) in [7, 11) is -4.14. The Labute approximate surface area is 275 Å².